The molecule has 4 amide bonds. The second-order valence-corrected chi connectivity index (χ2v) is 3.96. The molecule has 2 aromatic rings. The second-order valence-electron chi connectivity index (χ2n) is 3.96. The van der Waals surface area contributed by atoms with Crippen molar-refractivity contribution < 1.29 is 14.7 Å². The summed E-state index contributed by atoms with van der Waals surface area (Å²) in [6, 6.07) is -2.10. The standard InChI is InChI=1S/C9H12N10O3/c10-7(21)18(12)6-4-5(14-1-3(2-20)15-4)16-9(17-6)19(13)8(11)22/h1,20H,2,12-13H2,(H2,10,21)(H2,11,22). The summed E-state index contributed by atoms with van der Waals surface area (Å²) in [5.74, 6) is 10.3. The number of aliphatic hydroxyl groups is 1. The van der Waals surface area contributed by atoms with Crippen molar-refractivity contribution in [3.05, 3.63) is 11.9 Å². The van der Waals surface area contributed by atoms with E-state index in [9.17, 15) is 9.59 Å². The average Bonchev–Trinajstić information content (AvgIpc) is 2.51. The van der Waals surface area contributed by atoms with E-state index in [4.69, 9.17) is 28.3 Å². The van der Waals surface area contributed by atoms with Gasteiger partial charge in [0.15, 0.2) is 17.0 Å². The first-order valence-corrected chi connectivity index (χ1v) is 5.68. The monoisotopic (exact) mass is 308 g/mol. The number of rotatable bonds is 3. The summed E-state index contributed by atoms with van der Waals surface area (Å²) in [4.78, 5) is 37.9. The normalized spacial score (nSPS) is 10.5. The van der Waals surface area contributed by atoms with Crippen LogP contribution >= 0.6 is 0 Å². The first-order valence-electron chi connectivity index (χ1n) is 5.68. The van der Waals surface area contributed by atoms with Crippen molar-refractivity contribution in [3.8, 4) is 0 Å². The maximum atomic E-state index is 11.2. The lowest BCUT2D eigenvalue weighted by molar-refractivity contribution is 0.253. The number of aromatic nitrogens is 4. The Morgan fingerprint density at radius 2 is 1.73 bits per heavy atom. The van der Waals surface area contributed by atoms with Crippen LogP contribution in [0.15, 0.2) is 6.20 Å². The number of anilines is 2. The van der Waals surface area contributed by atoms with Gasteiger partial charge in [-0.1, -0.05) is 0 Å². The minimum absolute atomic E-state index is 0.0190. The number of nitrogens with two attached hydrogens (primary N) is 4. The third-order valence-corrected chi connectivity index (χ3v) is 2.51. The first kappa shape index (κ1) is 15.2. The molecular weight excluding hydrogens is 296 g/mol. The fourth-order valence-electron chi connectivity index (χ4n) is 1.47. The number of nitrogens with zero attached hydrogens (tertiary/aromatic N) is 6. The summed E-state index contributed by atoms with van der Waals surface area (Å²) in [5, 5.41) is 9.98. The molecule has 0 saturated heterocycles. The minimum Gasteiger partial charge on any atom is -0.390 e. The Labute approximate surface area is 122 Å². The zero-order valence-electron chi connectivity index (χ0n) is 11.0. The molecule has 0 saturated carbocycles. The number of urea groups is 2. The van der Waals surface area contributed by atoms with Gasteiger partial charge in [0.1, 0.15) is 0 Å². The van der Waals surface area contributed by atoms with Crippen LogP contribution in [0.1, 0.15) is 5.69 Å². The van der Waals surface area contributed by atoms with Gasteiger partial charge in [-0.3, -0.25) is 0 Å². The summed E-state index contributed by atoms with van der Waals surface area (Å²) in [7, 11) is 0. The summed E-state index contributed by atoms with van der Waals surface area (Å²) in [5.41, 5.74) is 10.2. The summed E-state index contributed by atoms with van der Waals surface area (Å²) in [6.07, 6.45) is 1.24. The molecule has 0 fully saturated rings. The lowest BCUT2D eigenvalue weighted by Gasteiger charge is -2.17. The van der Waals surface area contributed by atoms with Crippen molar-refractivity contribution in [3.63, 3.8) is 0 Å². The molecule has 116 valence electrons. The van der Waals surface area contributed by atoms with Gasteiger partial charge >= 0.3 is 12.1 Å². The Hall–Kier alpha value is -3.16. The molecule has 0 spiro atoms. The predicted molar refractivity (Wildman–Crippen MR) is 73.6 cm³/mol. The molecule has 0 bridgehead atoms. The van der Waals surface area contributed by atoms with Crippen LogP contribution in [0, 0.1) is 0 Å². The number of amides is 4. The van der Waals surface area contributed by atoms with E-state index in [1.54, 1.807) is 0 Å². The van der Waals surface area contributed by atoms with Crippen LogP contribution in [0.4, 0.5) is 21.4 Å². The molecule has 0 aliphatic rings. The fraction of sp³-hybridized carbons (Fsp3) is 0.111. The molecule has 0 aliphatic heterocycles. The molecule has 0 radical (unpaired) electrons. The van der Waals surface area contributed by atoms with Gasteiger partial charge in [-0.05, 0) is 0 Å². The Balaban J connectivity index is 2.74. The van der Waals surface area contributed by atoms with Gasteiger partial charge in [0.2, 0.25) is 0 Å². The molecule has 2 aromatic heterocycles. The molecule has 9 N–H and O–H groups in total. The van der Waals surface area contributed by atoms with Crippen LogP contribution < -0.4 is 33.2 Å². The molecule has 22 heavy (non-hydrogen) atoms. The van der Waals surface area contributed by atoms with Crippen molar-refractivity contribution in [2.75, 3.05) is 10.0 Å². The van der Waals surface area contributed by atoms with Crippen LogP contribution in [0.3, 0.4) is 0 Å². The molecule has 0 aliphatic carbocycles. The van der Waals surface area contributed by atoms with Gasteiger partial charge in [0, 0.05) is 0 Å². The van der Waals surface area contributed by atoms with Gasteiger partial charge in [0.25, 0.3) is 5.95 Å². The Morgan fingerprint density at radius 1 is 1.09 bits per heavy atom. The van der Waals surface area contributed by atoms with Crippen molar-refractivity contribution in [2.45, 2.75) is 6.61 Å². The number of hydrazine groups is 2. The fourth-order valence-corrected chi connectivity index (χ4v) is 1.47. The van der Waals surface area contributed by atoms with Crippen LogP contribution in [0.5, 0.6) is 0 Å². The molecule has 2 heterocycles. The summed E-state index contributed by atoms with van der Waals surface area (Å²) >= 11 is 0. The number of primary amides is 2. The van der Waals surface area contributed by atoms with Crippen LogP contribution in [0.25, 0.3) is 11.2 Å². The van der Waals surface area contributed by atoms with Gasteiger partial charge in [0.05, 0.1) is 18.5 Å². The third kappa shape index (κ3) is 2.66. The van der Waals surface area contributed by atoms with Gasteiger partial charge < -0.3 is 16.6 Å². The van der Waals surface area contributed by atoms with Gasteiger partial charge in [-0.2, -0.15) is 15.0 Å². The Bertz CT molecular complexity index is 750. The van der Waals surface area contributed by atoms with E-state index in [0.29, 0.717) is 10.0 Å². The SMILES string of the molecule is NC(=O)N(N)c1nc(N(N)C(N)=O)c2nc(CO)cnc2n1. The lowest BCUT2D eigenvalue weighted by Crippen LogP contribution is -2.45. The summed E-state index contributed by atoms with van der Waals surface area (Å²) in [6.45, 7) is -0.407. The van der Waals surface area contributed by atoms with E-state index in [1.165, 1.54) is 6.20 Å². The van der Waals surface area contributed by atoms with E-state index < -0.39 is 18.7 Å². The topological polar surface area (TPSA) is 216 Å². The minimum atomic E-state index is -1.05. The molecule has 0 aromatic carbocycles. The highest BCUT2D eigenvalue weighted by Gasteiger charge is 2.21. The predicted octanol–water partition coefficient (Wildman–Crippen LogP) is -2.57. The van der Waals surface area contributed by atoms with Crippen molar-refractivity contribution >= 4 is 35.0 Å². The number of hydrogen-bond acceptors (Lipinski definition) is 9. The second kappa shape index (κ2) is 5.68. The number of fused-ring (bicyclic) bond motifs is 1. The van der Waals surface area contributed by atoms with Crippen molar-refractivity contribution in [2.24, 2.45) is 23.2 Å². The van der Waals surface area contributed by atoms with Crippen molar-refractivity contribution in [1.82, 2.24) is 19.9 Å². The maximum absolute atomic E-state index is 11.2. The van der Waals surface area contributed by atoms with E-state index in [2.05, 4.69) is 19.9 Å². The highest BCUT2D eigenvalue weighted by Crippen LogP contribution is 2.22. The molecule has 2 rings (SSSR count). The molecule has 13 nitrogen and oxygen atoms in total. The van der Waals surface area contributed by atoms with E-state index in [0.717, 1.165) is 0 Å². The zero-order valence-corrected chi connectivity index (χ0v) is 11.0. The van der Waals surface area contributed by atoms with Crippen molar-refractivity contribution in [1.29, 1.82) is 0 Å². The Kier molecular flexibility index (Phi) is 3.93. The zero-order chi connectivity index (χ0) is 16.4. The van der Waals surface area contributed by atoms with Crippen LogP contribution in [-0.4, -0.2) is 37.1 Å². The lowest BCUT2D eigenvalue weighted by atomic mass is 10.4. The first-order chi connectivity index (χ1) is 10.3. The number of carbonyl (C=O) groups is 2. The molecule has 13 heteroatoms. The highest BCUT2D eigenvalue weighted by atomic mass is 16.3. The van der Waals surface area contributed by atoms with Crippen LogP contribution in [0.2, 0.25) is 0 Å². The molecule has 0 atom stereocenters. The van der Waals surface area contributed by atoms with Gasteiger partial charge in [-0.25, -0.2) is 36.3 Å². The van der Waals surface area contributed by atoms with Gasteiger partial charge in [-0.15, -0.1) is 0 Å². The largest absolute Gasteiger partial charge is 0.390 e. The average molecular weight is 308 g/mol. The molecular formula is C9H12N10O3. The number of hydrogen-bond donors (Lipinski definition) is 5. The Morgan fingerprint density at radius 3 is 2.27 bits per heavy atom. The van der Waals surface area contributed by atoms with Crippen LogP contribution in [-0.2, 0) is 6.61 Å². The quantitative estimate of drug-likeness (QED) is 0.228. The smallest absolute Gasteiger partial charge is 0.336 e. The maximum Gasteiger partial charge on any atom is 0.336 e. The number of carbonyl (C=O) groups excluding carboxylic acids is 2. The third-order valence-electron chi connectivity index (χ3n) is 2.51. The highest BCUT2D eigenvalue weighted by molar-refractivity contribution is 5.97. The van der Waals surface area contributed by atoms with E-state index in [-0.39, 0.29) is 28.6 Å². The van der Waals surface area contributed by atoms with E-state index >= 15 is 0 Å². The molecule has 0 unspecified atom stereocenters. The summed E-state index contributed by atoms with van der Waals surface area (Å²) < 4.78 is 0. The number of aliphatic hydroxyl groups excluding tert-OH is 1. The van der Waals surface area contributed by atoms with E-state index in [1.807, 2.05) is 0 Å².